The van der Waals surface area contributed by atoms with E-state index in [4.69, 9.17) is 4.74 Å². The Kier molecular flexibility index (Phi) is 3.68. The van der Waals surface area contributed by atoms with Crippen LogP contribution in [0, 0.1) is 0 Å². The average Bonchev–Trinajstić information content (AvgIpc) is 2.82. The van der Waals surface area contributed by atoms with Gasteiger partial charge in [-0.05, 0) is 37.0 Å². The topological polar surface area (TPSA) is 54.6 Å². The molecule has 4 heteroatoms. The molecule has 20 heavy (non-hydrogen) atoms. The van der Waals surface area contributed by atoms with Crippen molar-refractivity contribution in [3.8, 4) is 5.75 Å². The van der Waals surface area contributed by atoms with Crippen molar-refractivity contribution in [1.82, 2.24) is 4.57 Å². The van der Waals surface area contributed by atoms with Crippen molar-refractivity contribution < 1.29 is 14.9 Å². The molecule has 0 radical (unpaired) electrons. The van der Waals surface area contributed by atoms with Gasteiger partial charge < -0.3 is 19.5 Å². The van der Waals surface area contributed by atoms with Crippen LogP contribution in [-0.2, 0) is 13.0 Å². The zero-order chi connectivity index (χ0) is 14.1. The number of benzene rings is 1. The third-order valence-corrected chi connectivity index (χ3v) is 4.34. The number of aromatic nitrogens is 1. The third kappa shape index (κ3) is 1.91. The summed E-state index contributed by atoms with van der Waals surface area (Å²) >= 11 is 0. The van der Waals surface area contributed by atoms with Gasteiger partial charge in [0.05, 0.1) is 25.8 Å². The van der Waals surface area contributed by atoms with Crippen molar-refractivity contribution in [1.29, 1.82) is 0 Å². The van der Waals surface area contributed by atoms with E-state index in [2.05, 4.69) is 10.6 Å². The number of rotatable bonds is 4. The van der Waals surface area contributed by atoms with Crippen molar-refractivity contribution >= 4 is 10.9 Å². The molecule has 0 aliphatic heterocycles. The molecular weight excluding hydrogens is 254 g/mol. The molecule has 4 nitrogen and oxygen atoms in total. The maximum Gasteiger partial charge on any atom is 0.128 e. The third-order valence-electron chi connectivity index (χ3n) is 4.34. The highest BCUT2D eigenvalue weighted by atomic mass is 16.5. The minimum Gasteiger partial charge on any atom is -0.496 e. The van der Waals surface area contributed by atoms with Gasteiger partial charge in [-0.25, -0.2) is 0 Å². The first kappa shape index (κ1) is 13.5. The first-order valence-corrected chi connectivity index (χ1v) is 7.21. The van der Waals surface area contributed by atoms with E-state index in [1.165, 1.54) is 11.3 Å². The molecule has 1 aromatic heterocycles. The van der Waals surface area contributed by atoms with Gasteiger partial charge in [-0.15, -0.1) is 0 Å². The van der Waals surface area contributed by atoms with E-state index in [1.54, 1.807) is 7.11 Å². The fourth-order valence-corrected chi connectivity index (χ4v) is 3.53. The molecule has 0 fully saturated rings. The zero-order valence-electron chi connectivity index (χ0n) is 11.8. The molecule has 2 N–H and O–H groups in total. The van der Waals surface area contributed by atoms with Crippen LogP contribution < -0.4 is 4.74 Å². The monoisotopic (exact) mass is 275 g/mol. The highest BCUT2D eigenvalue weighted by molar-refractivity contribution is 5.92. The second kappa shape index (κ2) is 5.46. The van der Waals surface area contributed by atoms with E-state index in [0.717, 1.165) is 35.9 Å². The zero-order valence-corrected chi connectivity index (χ0v) is 11.8. The summed E-state index contributed by atoms with van der Waals surface area (Å²) in [6.07, 6.45) is 3.10. The molecule has 0 bridgehead atoms. The summed E-state index contributed by atoms with van der Waals surface area (Å²) < 4.78 is 7.71. The fraction of sp³-hybridized carbons (Fsp3) is 0.500. The summed E-state index contributed by atoms with van der Waals surface area (Å²) in [5.74, 6) is 1.04. The van der Waals surface area contributed by atoms with Crippen LogP contribution in [-0.4, -0.2) is 35.1 Å². The molecular formula is C16H21NO3. The largest absolute Gasteiger partial charge is 0.496 e. The van der Waals surface area contributed by atoms with Gasteiger partial charge in [-0.2, -0.15) is 0 Å². The molecule has 0 spiro atoms. The highest BCUT2D eigenvalue weighted by Gasteiger charge is 2.28. The number of fused-ring (bicyclic) bond motifs is 3. The molecule has 1 aromatic carbocycles. The Labute approximate surface area is 118 Å². The normalized spacial score (nSPS) is 18.2. The number of ether oxygens (including phenoxy) is 1. The molecule has 1 heterocycles. The summed E-state index contributed by atoms with van der Waals surface area (Å²) in [7, 11) is 1.68. The predicted molar refractivity (Wildman–Crippen MR) is 78.3 cm³/mol. The molecule has 1 unspecified atom stereocenters. The van der Waals surface area contributed by atoms with Crippen molar-refractivity contribution in [2.45, 2.75) is 31.7 Å². The minimum absolute atomic E-state index is 0.122. The summed E-state index contributed by atoms with van der Waals surface area (Å²) in [6.45, 7) is 0.887. The summed E-state index contributed by atoms with van der Waals surface area (Å²) in [6, 6.07) is 6.02. The smallest absolute Gasteiger partial charge is 0.128 e. The molecule has 0 amide bonds. The van der Waals surface area contributed by atoms with Crippen molar-refractivity contribution in [2.75, 3.05) is 20.3 Å². The second-order valence-electron chi connectivity index (χ2n) is 5.36. The highest BCUT2D eigenvalue weighted by Crippen LogP contribution is 2.42. The second-order valence-corrected chi connectivity index (χ2v) is 5.36. The van der Waals surface area contributed by atoms with Crippen LogP contribution >= 0.6 is 0 Å². The number of aliphatic hydroxyl groups excluding tert-OH is 2. The predicted octanol–water partition coefficient (Wildman–Crippen LogP) is 2.05. The van der Waals surface area contributed by atoms with Crippen LogP contribution in [0.2, 0.25) is 0 Å². The van der Waals surface area contributed by atoms with Gasteiger partial charge in [-0.1, -0.05) is 6.07 Å². The molecule has 1 aliphatic rings. The Hall–Kier alpha value is -1.52. The van der Waals surface area contributed by atoms with E-state index in [1.807, 2.05) is 12.1 Å². The first-order chi connectivity index (χ1) is 9.81. The lowest BCUT2D eigenvalue weighted by atomic mass is 9.85. The van der Waals surface area contributed by atoms with Gasteiger partial charge in [0.25, 0.3) is 0 Å². The Morgan fingerprint density at radius 3 is 2.90 bits per heavy atom. The number of methoxy groups -OCH3 is 1. The fourth-order valence-electron chi connectivity index (χ4n) is 3.53. The maximum atomic E-state index is 9.70. The Morgan fingerprint density at radius 1 is 1.35 bits per heavy atom. The lowest BCUT2D eigenvalue weighted by Gasteiger charge is -2.23. The van der Waals surface area contributed by atoms with Gasteiger partial charge in [0.1, 0.15) is 5.75 Å². The molecule has 3 rings (SSSR count). The van der Waals surface area contributed by atoms with Crippen molar-refractivity contribution in [3.05, 3.63) is 29.5 Å². The number of hydrogen-bond donors (Lipinski definition) is 2. The van der Waals surface area contributed by atoms with E-state index in [0.29, 0.717) is 6.54 Å². The van der Waals surface area contributed by atoms with Gasteiger partial charge in [0.2, 0.25) is 0 Å². The number of aliphatic hydroxyl groups is 2. The quantitative estimate of drug-likeness (QED) is 0.898. The van der Waals surface area contributed by atoms with Crippen LogP contribution in [0.3, 0.4) is 0 Å². The lowest BCUT2D eigenvalue weighted by molar-refractivity contribution is 0.250. The number of nitrogens with zero attached hydrogens (tertiary/aromatic N) is 1. The molecule has 108 valence electrons. The summed E-state index contributed by atoms with van der Waals surface area (Å²) in [5, 5.41) is 20.2. The van der Waals surface area contributed by atoms with Crippen molar-refractivity contribution in [2.24, 2.45) is 0 Å². The lowest BCUT2D eigenvalue weighted by Crippen LogP contribution is -2.15. The van der Waals surface area contributed by atoms with Crippen LogP contribution in [0.15, 0.2) is 18.2 Å². The van der Waals surface area contributed by atoms with E-state index in [9.17, 15) is 10.2 Å². The Bertz CT molecular complexity index is 618. The maximum absolute atomic E-state index is 9.70. The standard InChI is InChI=1S/C16H21NO3/c1-20-14-7-3-6-13-16(14)15-11(10-19)4-2-5-12(15)17(13)8-9-18/h3,6-7,11,18-19H,2,4-5,8-10H2,1H3. The van der Waals surface area contributed by atoms with Crippen LogP contribution in [0.5, 0.6) is 5.75 Å². The minimum atomic E-state index is 0.122. The summed E-state index contributed by atoms with van der Waals surface area (Å²) in [5.41, 5.74) is 3.58. The van der Waals surface area contributed by atoms with Crippen LogP contribution in [0.25, 0.3) is 10.9 Å². The van der Waals surface area contributed by atoms with Gasteiger partial charge in [-0.3, -0.25) is 0 Å². The summed E-state index contributed by atoms with van der Waals surface area (Å²) in [4.78, 5) is 0. The van der Waals surface area contributed by atoms with E-state index >= 15 is 0 Å². The van der Waals surface area contributed by atoms with E-state index in [-0.39, 0.29) is 19.1 Å². The van der Waals surface area contributed by atoms with Gasteiger partial charge in [0, 0.05) is 23.5 Å². The van der Waals surface area contributed by atoms with Crippen molar-refractivity contribution in [3.63, 3.8) is 0 Å². The Balaban J connectivity index is 2.33. The van der Waals surface area contributed by atoms with Gasteiger partial charge >= 0.3 is 0 Å². The van der Waals surface area contributed by atoms with Gasteiger partial charge in [0.15, 0.2) is 0 Å². The molecule has 1 atom stereocenters. The Morgan fingerprint density at radius 2 is 2.20 bits per heavy atom. The number of hydrogen-bond acceptors (Lipinski definition) is 3. The molecule has 2 aromatic rings. The SMILES string of the molecule is COc1cccc2c1c1c(n2CCO)CCCC1CO. The molecule has 0 saturated heterocycles. The molecule has 0 saturated carbocycles. The first-order valence-electron chi connectivity index (χ1n) is 7.21. The van der Waals surface area contributed by atoms with Crippen LogP contribution in [0.4, 0.5) is 0 Å². The molecule has 1 aliphatic carbocycles. The van der Waals surface area contributed by atoms with E-state index < -0.39 is 0 Å². The average molecular weight is 275 g/mol. The van der Waals surface area contributed by atoms with Crippen LogP contribution in [0.1, 0.15) is 30.0 Å².